The first-order chi connectivity index (χ1) is 7.35. The molecule has 0 atom stereocenters. The van der Waals surface area contributed by atoms with E-state index >= 15 is 0 Å². The summed E-state index contributed by atoms with van der Waals surface area (Å²) in [6.45, 7) is 0.828. The minimum Gasteiger partial charge on any atom is -0.392 e. The van der Waals surface area contributed by atoms with Gasteiger partial charge in [0.25, 0.3) is 0 Å². The number of aromatic nitrogens is 1. The fourth-order valence-corrected chi connectivity index (χ4v) is 1.72. The molecule has 0 saturated carbocycles. The molecular formula is C12H12ClNO. The second kappa shape index (κ2) is 4.51. The predicted molar refractivity (Wildman–Crippen MR) is 62.9 cm³/mol. The lowest BCUT2D eigenvalue weighted by Gasteiger charge is -2.02. The van der Waals surface area contributed by atoms with E-state index in [1.165, 1.54) is 10.9 Å². The van der Waals surface area contributed by atoms with Crippen LogP contribution in [0.4, 0.5) is 0 Å². The van der Waals surface area contributed by atoms with Gasteiger partial charge in [0.05, 0.1) is 6.61 Å². The van der Waals surface area contributed by atoms with Crippen molar-refractivity contribution in [2.75, 3.05) is 0 Å². The van der Waals surface area contributed by atoms with Crippen molar-refractivity contribution in [3.8, 4) is 0 Å². The number of halogens is 1. The third-order valence-corrected chi connectivity index (χ3v) is 2.59. The van der Waals surface area contributed by atoms with E-state index in [4.69, 9.17) is 16.7 Å². The summed E-state index contributed by atoms with van der Waals surface area (Å²) >= 11 is 5.49. The number of benzene rings is 1. The van der Waals surface area contributed by atoms with Crippen molar-refractivity contribution in [2.45, 2.75) is 13.2 Å². The zero-order valence-corrected chi connectivity index (χ0v) is 8.98. The van der Waals surface area contributed by atoms with E-state index in [0.717, 1.165) is 17.6 Å². The van der Waals surface area contributed by atoms with Crippen LogP contribution in [0.25, 0.3) is 10.9 Å². The molecule has 0 bridgehead atoms. The molecule has 1 aromatic carbocycles. The normalized spacial score (nSPS) is 11.6. The summed E-state index contributed by atoms with van der Waals surface area (Å²) in [5, 5.41) is 10.2. The highest BCUT2D eigenvalue weighted by Gasteiger charge is 2.00. The van der Waals surface area contributed by atoms with Crippen LogP contribution in [-0.2, 0) is 13.2 Å². The first kappa shape index (κ1) is 10.3. The highest BCUT2D eigenvalue weighted by atomic mass is 35.5. The molecule has 78 valence electrons. The molecule has 15 heavy (non-hydrogen) atoms. The van der Waals surface area contributed by atoms with Crippen molar-refractivity contribution in [1.82, 2.24) is 4.57 Å². The maximum Gasteiger partial charge on any atom is 0.0682 e. The van der Waals surface area contributed by atoms with Crippen LogP contribution >= 0.6 is 11.6 Å². The molecule has 2 rings (SSSR count). The molecular weight excluding hydrogens is 210 g/mol. The molecule has 0 amide bonds. The summed E-state index contributed by atoms with van der Waals surface area (Å²) in [7, 11) is 0. The summed E-state index contributed by atoms with van der Waals surface area (Å²) in [5.74, 6) is 0. The molecule has 3 heteroatoms. The molecule has 0 saturated heterocycles. The molecule has 0 spiro atoms. The number of nitrogens with zero attached hydrogens (tertiary/aromatic N) is 1. The third kappa shape index (κ3) is 2.06. The van der Waals surface area contributed by atoms with Crippen molar-refractivity contribution < 1.29 is 5.11 Å². The van der Waals surface area contributed by atoms with Crippen LogP contribution in [0.1, 0.15) is 5.56 Å². The zero-order valence-electron chi connectivity index (χ0n) is 8.23. The average Bonchev–Trinajstić information content (AvgIpc) is 2.68. The smallest absolute Gasteiger partial charge is 0.0682 e. The van der Waals surface area contributed by atoms with E-state index in [2.05, 4.69) is 10.6 Å². The lowest BCUT2D eigenvalue weighted by Crippen LogP contribution is -1.93. The van der Waals surface area contributed by atoms with Gasteiger partial charge in [-0.1, -0.05) is 29.8 Å². The Morgan fingerprint density at radius 3 is 2.93 bits per heavy atom. The second-order valence-corrected chi connectivity index (χ2v) is 3.63. The molecule has 0 radical (unpaired) electrons. The number of rotatable bonds is 3. The van der Waals surface area contributed by atoms with Crippen LogP contribution in [0.3, 0.4) is 0 Å². The molecule has 2 nitrogen and oxygen atoms in total. The van der Waals surface area contributed by atoms with Gasteiger partial charge in [0, 0.05) is 23.8 Å². The Kier molecular flexibility index (Phi) is 3.09. The van der Waals surface area contributed by atoms with Crippen molar-refractivity contribution in [2.24, 2.45) is 0 Å². The molecule has 2 aromatic rings. The molecule has 0 aliphatic heterocycles. The van der Waals surface area contributed by atoms with E-state index in [-0.39, 0.29) is 6.61 Å². The minimum atomic E-state index is 0.0759. The van der Waals surface area contributed by atoms with E-state index in [9.17, 15) is 0 Å². The Morgan fingerprint density at radius 2 is 2.20 bits per heavy atom. The summed E-state index contributed by atoms with van der Waals surface area (Å²) in [5.41, 5.74) is 3.57. The fourth-order valence-electron chi connectivity index (χ4n) is 1.64. The van der Waals surface area contributed by atoms with E-state index in [1.54, 1.807) is 0 Å². The topological polar surface area (TPSA) is 25.2 Å². The van der Waals surface area contributed by atoms with Crippen LogP contribution in [0.15, 0.2) is 42.1 Å². The Labute approximate surface area is 93.4 Å². The van der Waals surface area contributed by atoms with Crippen LogP contribution in [0.5, 0.6) is 0 Å². The number of fused-ring (bicyclic) bond motifs is 1. The number of hydrogen-bond acceptors (Lipinski definition) is 1. The molecule has 1 heterocycles. The van der Waals surface area contributed by atoms with Gasteiger partial charge >= 0.3 is 0 Å². The predicted octanol–water partition coefficient (Wildman–Crippen LogP) is 2.89. The van der Waals surface area contributed by atoms with Gasteiger partial charge < -0.3 is 9.67 Å². The SMILES string of the molecule is OCc1ccc2ccn(C/C=C/Cl)c2c1. The van der Waals surface area contributed by atoms with Gasteiger partial charge in [-0.25, -0.2) is 0 Å². The van der Waals surface area contributed by atoms with Gasteiger partial charge in [-0.05, 0) is 23.1 Å². The summed E-state index contributed by atoms with van der Waals surface area (Å²) in [4.78, 5) is 0. The number of aliphatic hydroxyl groups is 1. The maximum atomic E-state index is 9.06. The number of hydrogen-bond donors (Lipinski definition) is 1. The Bertz CT molecular complexity index is 487. The minimum absolute atomic E-state index is 0.0759. The first-order valence-electron chi connectivity index (χ1n) is 4.79. The average molecular weight is 222 g/mol. The molecule has 1 N–H and O–H groups in total. The molecule has 0 fully saturated rings. The number of allylic oxidation sites excluding steroid dienone is 1. The Morgan fingerprint density at radius 1 is 1.33 bits per heavy atom. The summed E-state index contributed by atoms with van der Waals surface area (Å²) in [6.07, 6.45) is 3.90. The number of aliphatic hydroxyl groups excluding tert-OH is 1. The van der Waals surface area contributed by atoms with Gasteiger partial charge in [-0.2, -0.15) is 0 Å². The van der Waals surface area contributed by atoms with Crippen molar-refractivity contribution in [1.29, 1.82) is 0 Å². The van der Waals surface area contributed by atoms with Crippen LogP contribution in [0, 0.1) is 0 Å². The van der Waals surface area contributed by atoms with Gasteiger partial charge in [-0.3, -0.25) is 0 Å². The van der Waals surface area contributed by atoms with Gasteiger partial charge in [0.1, 0.15) is 0 Å². The lowest BCUT2D eigenvalue weighted by atomic mass is 10.2. The molecule has 1 aromatic heterocycles. The van der Waals surface area contributed by atoms with E-state index < -0.39 is 0 Å². The molecule has 0 aliphatic rings. The van der Waals surface area contributed by atoms with Gasteiger partial charge in [0.15, 0.2) is 0 Å². The maximum absolute atomic E-state index is 9.06. The third-order valence-electron chi connectivity index (χ3n) is 2.41. The highest BCUT2D eigenvalue weighted by molar-refractivity contribution is 6.25. The first-order valence-corrected chi connectivity index (χ1v) is 5.22. The van der Waals surface area contributed by atoms with Crippen LogP contribution in [0.2, 0.25) is 0 Å². The standard InChI is InChI=1S/C12H12ClNO/c13-5-1-6-14-7-4-11-3-2-10(9-15)8-12(11)14/h1-5,7-8,15H,6,9H2/b5-1+. The molecule has 0 aliphatic carbocycles. The van der Waals surface area contributed by atoms with Crippen molar-refractivity contribution >= 4 is 22.5 Å². The van der Waals surface area contributed by atoms with Crippen molar-refractivity contribution in [3.63, 3.8) is 0 Å². The van der Waals surface area contributed by atoms with E-state index in [1.807, 2.05) is 30.5 Å². The summed E-state index contributed by atoms with van der Waals surface area (Å²) < 4.78 is 2.09. The zero-order chi connectivity index (χ0) is 10.7. The van der Waals surface area contributed by atoms with Crippen LogP contribution < -0.4 is 0 Å². The van der Waals surface area contributed by atoms with Crippen molar-refractivity contribution in [3.05, 3.63) is 47.6 Å². The second-order valence-electron chi connectivity index (χ2n) is 3.38. The molecule has 0 unspecified atom stereocenters. The Hall–Kier alpha value is -1.25. The van der Waals surface area contributed by atoms with E-state index in [0.29, 0.717) is 0 Å². The Balaban J connectivity index is 2.46. The quantitative estimate of drug-likeness (QED) is 0.847. The monoisotopic (exact) mass is 221 g/mol. The van der Waals surface area contributed by atoms with Gasteiger partial charge in [-0.15, -0.1) is 0 Å². The largest absolute Gasteiger partial charge is 0.392 e. The van der Waals surface area contributed by atoms with Gasteiger partial charge in [0.2, 0.25) is 0 Å². The fraction of sp³-hybridized carbons (Fsp3) is 0.167. The summed E-state index contributed by atoms with van der Waals surface area (Å²) in [6, 6.07) is 8.00. The van der Waals surface area contributed by atoms with Crippen LogP contribution in [-0.4, -0.2) is 9.67 Å². The highest BCUT2D eigenvalue weighted by Crippen LogP contribution is 2.17. The lowest BCUT2D eigenvalue weighted by molar-refractivity contribution is 0.282.